The Morgan fingerprint density at radius 1 is 1.22 bits per heavy atom. The van der Waals surface area contributed by atoms with Gasteiger partial charge < -0.3 is 14.0 Å². The number of aryl methyl sites for hydroxylation is 3. The predicted octanol–water partition coefficient (Wildman–Crippen LogP) is 3.31. The maximum atomic E-state index is 12.1. The summed E-state index contributed by atoms with van der Waals surface area (Å²) in [6.07, 6.45) is 1.80. The van der Waals surface area contributed by atoms with E-state index in [0.717, 1.165) is 17.0 Å². The third kappa shape index (κ3) is 4.12. The zero-order valence-corrected chi connectivity index (χ0v) is 16.6. The maximum absolute atomic E-state index is 12.1. The van der Waals surface area contributed by atoms with Gasteiger partial charge in [-0.25, -0.2) is 5.43 Å². The molecule has 1 aromatic carbocycles. The predicted molar refractivity (Wildman–Crippen MR) is 105 cm³/mol. The van der Waals surface area contributed by atoms with Crippen LogP contribution in [0.2, 0.25) is 0 Å². The minimum atomic E-state index is -0.849. The molecule has 0 atom stereocenters. The SMILES string of the molecule is Cc1cccc(C)c1-n1c(C)cc(/C=N/NC(=O)CC2(C)OCCO2)c1C. The van der Waals surface area contributed by atoms with Gasteiger partial charge in [0.1, 0.15) is 0 Å². The average molecular weight is 369 g/mol. The lowest BCUT2D eigenvalue weighted by atomic mass is 10.1. The third-order valence-electron chi connectivity index (χ3n) is 4.91. The summed E-state index contributed by atoms with van der Waals surface area (Å²) < 4.78 is 13.1. The first-order chi connectivity index (χ1) is 12.8. The number of carbonyl (C=O) groups excluding carboxylic acids is 1. The van der Waals surface area contributed by atoms with Crippen molar-refractivity contribution < 1.29 is 14.3 Å². The summed E-state index contributed by atoms with van der Waals surface area (Å²) in [6, 6.07) is 8.37. The Hall–Kier alpha value is -2.44. The maximum Gasteiger partial charge on any atom is 0.245 e. The van der Waals surface area contributed by atoms with E-state index < -0.39 is 5.79 Å². The molecule has 3 rings (SSSR count). The van der Waals surface area contributed by atoms with Crippen LogP contribution in [-0.2, 0) is 14.3 Å². The number of ether oxygens (including phenoxy) is 2. The van der Waals surface area contributed by atoms with E-state index in [1.807, 2.05) is 0 Å². The molecule has 6 heteroatoms. The van der Waals surface area contributed by atoms with E-state index in [1.165, 1.54) is 16.8 Å². The molecule has 1 aromatic heterocycles. The summed E-state index contributed by atoms with van der Waals surface area (Å²) in [5, 5.41) is 4.12. The molecule has 2 heterocycles. The number of aromatic nitrogens is 1. The van der Waals surface area contributed by atoms with Crippen LogP contribution in [0.5, 0.6) is 0 Å². The van der Waals surface area contributed by atoms with Gasteiger partial charge in [-0.2, -0.15) is 5.10 Å². The molecular formula is C21H27N3O3. The fourth-order valence-corrected chi connectivity index (χ4v) is 3.58. The van der Waals surface area contributed by atoms with Crippen molar-refractivity contribution in [3.8, 4) is 5.69 Å². The summed E-state index contributed by atoms with van der Waals surface area (Å²) in [6.45, 7) is 11.1. The molecule has 0 spiro atoms. The minimum Gasteiger partial charge on any atom is -0.347 e. The van der Waals surface area contributed by atoms with E-state index >= 15 is 0 Å². The molecular weight excluding hydrogens is 342 g/mol. The number of hydrogen-bond acceptors (Lipinski definition) is 4. The van der Waals surface area contributed by atoms with Gasteiger partial charge in [-0.3, -0.25) is 4.79 Å². The standard InChI is InChI=1S/C21H27N3O3/c1-14-7-6-8-15(2)20(14)24-16(3)11-18(17(24)4)13-22-23-19(25)12-21(5)26-9-10-27-21/h6-8,11,13H,9-10,12H2,1-5H3,(H,23,25)/b22-13+. The van der Waals surface area contributed by atoms with Crippen LogP contribution >= 0.6 is 0 Å². The van der Waals surface area contributed by atoms with Crippen LogP contribution in [-0.4, -0.2) is 35.7 Å². The van der Waals surface area contributed by atoms with Crippen molar-refractivity contribution in [2.75, 3.05) is 13.2 Å². The number of benzene rings is 1. The van der Waals surface area contributed by atoms with Crippen LogP contribution in [0.25, 0.3) is 5.69 Å². The molecule has 0 bridgehead atoms. The summed E-state index contributed by atoms with van der Waals surface area (Å²) in [4.78, 5) is 12.1. The number of amides is 1. The number of hydrazone groups is 1. The van der Waals surface area contributed by atoms with Crippen molar-refractivity contribution >= 4 is 12.1 Å². The highest BCUT2D eigenvalue weighted by atomic mass is 16.7. The lowest BCUT2D eigenvalue weighted by Crippen LogP contribution is -2.33. The molecule has 1 saturated heterocycles. The monoisotopic (exact) mass is 369 g/mol. The van der Waals surface area contributed by atoms with Gasteiger partial charge in [0, 0.05) is 17.0 Å². The Kier molecular flexibility index (Phi) is 5.48. The van der Waals surface area contributed by atoms with Crippen molar-refractivity contribution in [1.82, 2.24) is 9.99 Å². The second-order valence-electron chi connectivity index (χ2n) is 7.20. The van der Waals surface area contributed by atoms with E-state index in [9.17, 15) is 4.79 Å². The van der Waals surface area contributed by atoms with Crippen molar-refractivity contribution in [3.05, 3.63) is 52.3 Å². The Bertz CT molecular complexity index is 857. The Morgan fingerprint density at radius 2 is 1.85 bits per heavy atom. The molecule has 1 fully saturated rings. The van der Waals surface area contributed by atoms with E-state index in [2.05, 4.69) is 67.1 Å². The first kappa shape index (κ1) is 19.3. The van der Waals surface area contributed by atoms with Crippen LogP contribution < -0.4 is 5.43 Å². The molecule has 0 saturated carbocycles. The van der Waals surface area contributed by atoms with Gasteiger partial charge in [0.25, 0.3) is 0 Å². The molecule has 1 aliphatic heterocycles. The lowest BCUT2D eigenvalue weighted by molar-refractivity contribution is -0.159. The highest BCUT2D eigenvalue weighted by molar-refractivity contribution is 5.84. The van der Waals surface area contributed by atoms with Crippen molar-refractivity contribution in [2.45, 2.75) is 46.8 Å². The Balaban J connectivity index is 1.75. The number of nitrogens with one attached hydrogen (secondary N) is 1. The van der Waals surface area contributed by atoms with Crippen molar-refractivity contribution in [3.63, 3.8) is 0 Å². The number of rotatable bonds is 5. The average Bonchev–Trinajstić information content (AvgIpc) is 3.13. The first-order valence-corrected chi connectivity index (χ1v) is 9.16. The van der Waals surface area contributed by atoms with E-state index in [-0.39, 0.29) is 12.3 Å². The molecule has 0 aliphatic carbocycles. The molecule has 1 N–H and O–H groups in total. The largest absolute Gasteiger partial charge is 0.347 e. The Morgan fingerprint density at radius 3 is 2.48 bits per heavy atom. The number of hydrogen-bond donors (Lipinski definition) is 1. The van der Waals surface area contributed by atoms with Crippen LogP contribution in [0.4, 0.5) is 0 Å². The lowest BCUT2D eigenvalue weighted by Gasteiger charge is -2.20. The molecule has 27 heavy (non-hydrogen) atoms. The zero-order valence-electron chi connectivity index (χ0n) is 16.6. The zero-order chi connectivity index (χ0) is 19.6. The fraction of sp³-hybridized carbons (Fsp3) is 0.429. The van der Waals surface area contributed by atoms with Crippen LogP contribution in [0.15, 0.2) is 29.4 Å². The van der Waals surface area contributed by atoms with E-state index in [4.69, 9.17) is 9.47 Å². The highest BCUT2D eigenvalue weighted by Gasteiger charge is 2.33. The van der Waals surface area contributed by atoms with Crippen LogP contribution in [0.3, 0.4) is 0 Å². The van der Waals surface area contributed by atoms with Gasteiger partial charge in [-0.15, -0.1) is 0 Å². The Labute approximate surface area is 160 Å². The quantitative estimate of drug-likeness (QED) is 0.650. The summed E-state index contributed by atoms with van der Waals surface area (Å²) in [5.41, 5.74) is 9.37. The smallest absolute Gasteiger partial charge is 0.245 e. The molecule has 6 nitrogen and oxygen atoms in total. The minimum absolute atomic E-state index is 0.117. The van der Waals surface area contributed by atoms with E-state index in [0.29, 0.717) is 13.2 Å². The molecule has 1 aliphatic rings. The fourth-order valence-electron chi connectivity index (χ4n) is 3.58. The van der Waals surface area contributed by atoms with Gasteiger partial charge >= 0.3 is 0 Å². The van der Waals surface area contributed by atoms with Crippen LogP contribution in [0.1, 0.15) is 41.4 Å². The molecule has 0 radical (unpaired) electrons. The van der Waals surface area contributed by atoms with Gasteiger partial charge in [0.05, 0.1) is 31.5 Å². The highest BCUT2D eigenvalue weighted by Crippen LogP contribution is 2.25. The summed E-state index contributed by atoms with van der Waals surface area (Å²) >= 11 is 0. The number of para-hydroxylation sites is 1. The normalized spacial score (nSPS) is 16.2. The summed E-state index contributed by atoms with van der Waals surface area (Å²) in [7, 11) is 0. The van der Waals surface area contributed by atoms with Gasteiger partial charge in [0.2, 0.25) is 5.91 Å². The number of carbonyl (C=O) groups is 1. The van der Waals surface area contributed by atoms with Crippen LogP contribution in [0, 0.1) is 27.7 Å². The molecule has 0 unspecified atom stereocenters. The molecule has 1 amide bonds. The second kappa shape index (κ2) is 7.66. The van der Waals surface area contributed by atoms with Gasteiger partial charge in [-0.05, 0) is 51.8 Å². The van der Waals surface area contributed by atoms with E-state index in [1.54, 1.807) is 13.1 Å². The first-order valence-electron chi connectivity index (χ1n) is 9.16. The van der Waals surface area contributed by atoms with Crippen molar-refractivity contribution in [2.24, 2.45) is 5.10 Å². The van der Waals surface area contributed by atoms with Crippen molar-refractivity contribution in [1.29, 1.82) is 0 Å². The molecule has 2 aromatic rings. The van der Waals surface area contributed by atoms with Gasteiger partial charge in [-0.1, -0.05) is 18.2 Å². The second-order valence-corrected chi connectivity index (χ2v) is 7.20. The summed E-state index contributed by atoms with van der Waals surface area (Å²) in [5.74, 6) is -1.09. The van der Waals surface area contributed by atoms with Gasteiger partial charge in [0.15, 0.2) is 5.79 Å². The molecule has 144 valence electrons. The number of nitrogens with zero attached hydrogens (tertiary/aromatic N) is 2. The third-order valence-corrected chi connectivity index (χ3v) is 4.91. The topological polar surface area (TPSA) is 64.9 Å².